The second-order valence-corrected chi connectivity index (χ2v) is 4.90. The van der Waals surface area contributed by atoms with Crippen molar-refractivity contribution in [3.8, 4) is 5.75 Å². The molecule has 0 saturated heterocycles. The van der Waals surface area contributed by atoms with Gasteiger partial charge in [0, 0.05) is 25.5 Å². The fraction of sp³-hybridized carbons (Fsp3) is 0.267. The molecule has 122 valence electrons. The molecule has 2 N–H and O–H groups in total. The average Bonchev–Trinajstić information content (AvgIpc) is 2.55. The molecule has 2 rings (SSSR count). The summed E-state index contributed by atoms with van der Waals surface area (Å²) >= 11 is 6.03. The smallest absolute Gasteiger partial charge is 0.274 e. The highest BCUT2D eigenvalue weighted by Gasteiger charge is 2.10. The molecule has 8 heteroatoms. The van der Waals surface area contributed by atoms with Crippen molar-refractivity contribution in [2.75, 3.05) is 38.0 Å². The number of nitrogens with zero attached hydrogens (tertiary/aromatic N) is 2. The number of rotatable bonds is 7. The summed E-state index contributed by atoms with van der Waals surface area (Å²) in [6.45, 7) is 1.07. The third-order valence-electron chi connectivity index (χ3n) is 2.89. The van der Waals surface area contributed by atoms with Crippen LogP contribution in [0.25, 0.3) is 0 Å². The number of aromatic nitrogens is 2. The van der Waals surface area contributed by atoms with Gasteiger partial charge in [-0.15, -0.1) is 0 Å². The zero-order valence-corrected chi connectivity index (χ0v) is 13.6. The molecule has 0 radical (unpaired) electrons. The zero-order chi connectivity index (χ0) is 16.7. The van der Waals surface area contributed by atoms with E-state index < -0.39 is 0 Å². The van der Waals surface area contributed by atoms with Crippen LogP contribution in [0, 0.1) is 0 Å². The summed E-state index contributed by atoms with van der Waals surface area (Å²) in [5, 5.41) is 6.10. The topological polar surface area (TPSA) is 85.4 Å². The van der Waals surface area contributed by atoms with Gasteiger partial charge in [0.05, 0.1) is 18.7 Å². The summed E-state index contributed by atoms with van der Waals surface area (Å²) in [4.78, 5) is 20.4. The van der Waals surface area contributed by atoms with Crippen LogP contribution >= 0.6 is 11.6 Å². The van der Waals surface area contributed by atoms with E-state index in [1.165, 1.54) is 19.4 Å². The second kappa shape index (κ2) is 8.30. The van der Waals surface area contributed by atoms with Gasteiger partial charge in [-0.3, -0.25) is 4.79 Å². The Balaban J connectivity index is 2.05. The average molecular weight is 337 g/mol. The highest BCUT2D eigenvalue weighted by atomic mass is 35.5. The van der Waals surface area contributed by atoms with Crippen molar-refractivity contribution in [3.63, 3.8) is 0 Å². The maximum atomic E-state index is 12.2. The summed E-state index contributed by atoms with van der Waals surface area (Å²) in [5.41, 5.74) is 0.792. The Labute approximate surface area is 139 Å². The molecule has 0 aliphatic rings. The number of benzene rings is 1. The van der Waals surface area contributed by atoms with Crippen LogP contribution in [0.5, 0.6) is 5.75 Å². The Morgan fingerprint density at radius 2 is 2.13 bits per heavy atom. The molecule has 1 aromatic carbocycles. The summed E-state index contributed by atoms with van der Waals surface area (Å²) in [6, 6.07) is 6.51. The van der Waals surface area contributed by atoms with Crippen molar-refractivity contribution in [1.82, 2.24) is 9.97 Å². The molecule has 0 aliphatic heterocycles. The fourth-order valence-electron chi connectivity index (χ4n) is 1.77. The molecule has 7 nitrogen and oxygen atoms in total. The minimum absolute atomic E-state index is 0.242. The van der Waals surface area contributed by atoms with Gasteiger partial charge in [-0.05, 0) is 24.3 Å². The van der Waals surface area contributed by atoms with Crippen LogP contribution in [0.1, 0.15) is 10.5 Å². The highest BCUT2D eigenvalue weighted by molar-refractivity contribution is 6.32. The number of anilines is 2. The number of carbonyl (C=O) groups excluding carboxylic acids is 1. The Hall–Kier alpha value is -2.38. The van der Waals surface area contributed by atoms with Gasteiger partial charge in [0.2, 0.25) is 5.95 Å². The van der Waals surface area contributed by atoms with E-state index >= 15 is 0 Å². The van der Waals surface area contributed by atoms with Gasteiger partial charge in [-0.25, -0.2) is 9.97 Å². The number of ether oxygens (including phenoxy) is 2. The molecule has 0 fully saturated rings. The lowest BCUT2D eigenvalue weighted by Gasteiger charge is -2.09. The van der Waals surface area contributed by atoms with Gasteiger partial charge >= 0.3 is 0 Å². The van der Waals surface area contributed by atoms with E-state index in [9.17, 15) is 4.79 Å². The fourth-order valence-corrected chi connectivity index (χ4v) is 2.03. The summed E-state index contributed by atoms with van der Waals surface area (Å²) in [5.74, 6) is 0.544. The quantitative estimate of drug-likeness (QED) is 0.755. The van der Waals surface area contributed by atoms with Crippen LogP contribution in [0.4, 0.5) is 11.6 Å². The van der Waals surface area contributed by atoms with E-state index in [1.807, 2.05) is 0 Å². The Kier molecular flexibility index (Phi) is 6.13. The third kappa shape index (κ3) is 4.80. The molecule has 1 amide bonds. The number of hydrogen-bond donors (Lipinski definition) is 2. The molecule has 1 aromatic heterocycles. The first-order valence-corrected chi connectivity index (χ1v) is 7.22. The van der Waals surface area contributed by atoms with Crippen LogP contribution in [0.2, 0.25) is 5.02 Å². The van der Waals surface area contributed by atoms with Gasteiger partial charge in [0.15, 0.2) is 0 Å². The van der Waals surface area contributed by atoms with Crippen molar-refractivity contribution in [2.24, 2.45) is 0 Å². The summed E-state index contributed by atoms with van der Waals surface area (Å²) in [7, 11) is 3.13. The van der Waals surface area contributed by atoms with Gasteiger partial charge < -0.3 is 20.1 Å². The van der Waals surface area contributed by atoms with E-state index in [1.54, 1.807) is 25.3 Å². The van der Waals surface area contributed by atoms with Crippen LogP contribution in [-0.2, 0) is 4.74 Å². The minimum Gasteiger partial charge on any atom is -0.495 e. The lowest BCUT2D eigenvalue weighted by molar-refractivity contribution is 0.102. The Morgan fingerprint density at radius 1 is 1.30 bits per heavy atom. The van der Waals surface area contributed by atoms with Crippen molar-refractivity contribution < 1.29 is 14.3 Å². The van der Waals surface area contributed by atoms with Gasteiger partial charge in [0.1, 0.15) is 11.4 Å². The standard InChI is InChI=1S/C15H17ClN4O3/c1-22-8-7-18-15-17-6-5-12(20-15)14(21)19-10-3-4-13(23-2)11(16)9-10/h3-6,9H,7-8H2,1-2H3,(H,19,21)(H,17,18,20). The maximum Gasteiger partial charge on any atom is 0.274 e. The maximum absolute atomic E-state index is 12.2. The van der Waals surface area contributed by atoms with E-state index in [0.29, 0.717) is 35.6 Å². The number of hydrogen-bond acceptors (Lipinski definition) is 6. The Morgan fingerprint density at radius 3 is 2.83 bits per heavy atom. The summed E-state index contributed by atoms with van der Waals surface area (Å²) < 4.78 is 10.00. The molecule has 0 atom stereocenters. The first kappa shape index (κ1) is 17.0. The van der Waals surface area contributed by atoms with Crippen LogP contribution in [-0.4, -0.2) is 43.2 Å². The monoisotopic (exact) mass is 336 g/mol. The van der Waals surface area contributed by atoms with E-state index in [0.717, 1.165) is 0 Å². The second-order valence-electron chi connectivity index (χ2n) is 4.49. The van der Waals surface area contributed by atoms with Gasteiger partial charge in [-0.2, -0.15) is 0 Å². The molecule has 0 unspecified atom stereocenters. The molecule has 0 aliphatic carbocycles. The van der Waals surface area contributed by atoms with E-state index in [4.69, 9.17) is 21.1 Å². The van der Waals surface area contributed by atoms with Crippen molar-refractivity contribution in [1.29, 1.82) is 0 Å². The lowest BCUT2D eigenvalue weighted by Crippen LogP contribution is -2.16. The number of methoxy groups -OCH3 is 2. The van der Waals surface area contributed by atoms with Crippen LogP contribution in [0.3, 0.4) is 0 Å². The predicted octanol–water partition coefficient (Wildman–Crippen LogP) is 2.45. The van der Waals surface area contributed by atoms with Gasteiger partial charge in [-0.1, -0.05) is 11.6 Å². The van der Waals surface area contributed by atoms with Crippen molar-refractivity contribution in [3.05, 3.63) is 41.2 Å². The first-order valence-electron chi connectivity index (χ1n) is 6.85. The number of nitrogens with one attached hydrogen (secondary N) is 2. The molecular weight excluding hydrogens is 320 g/mol. The van der Waals surface area contributed by atoms with Crippen molar-refractivity contribution >= 4 is 29.1 Å². The molecular formula is C15H17ClN4O3. The van der Waals surface area contributed by atoms with Crippen LogP contribution in [0.15, 0.2) is 30.5 Å². The zero-order valence-electron chi connectivity index (χ0n) is 12.8. The first-order chi connectivity index (χ1) is 11.1. The molecule has 1 heterocycles. The molecule has 2 aromatic rings. The highest BCUT2D eigenvalue weighted by Crippen LogP contribution is 2.27. The summed E-state index contributed by atoms with van der Waals surface area (Å²) in [6.07, 6.45) is 1.51. The van der Waals surface area contributed by atoms with Crippen molar-refractivity contribution in [2.45, 2.75) is 0 Å². The lowest BCUT2D eigenvalue weighted by atomic mass is 10.3. The number of amides is 1. The van der Waals surface area contributed by atoms with E-state index in [2.05, 4.69) is 20.6 Å². The minimum atomic E-state index is -0.358. The number of carbonyl (C=O) groups is 1. The van der Waals surface area contributed by atoms with Gasteiger partial charge in [0.25, 0.3) is 5.91 Å². The Bertz CT molecular complexity index is 682. The molecule has 0 saturated carbocycles. The van der Waals surface area contributed by atoms with Crippen LogP contribution < -0.4 is 15.4 Å². The molecule has 0 bridgehead atoms. The largest absolute Gasteiger partial charge is 0.495 e. The number of halogens is 1. The third-order valence-corrected chi connectivity index (χ3v) is 3.18. The predicted molar refractivity (Wildman–Crippen MR) is 88.4 cm³/mol. The molecule has 0 spiro atoms. The van der Waals surface area contributed by atoms with E-state index in [-0.39, 0.29) is 11.6 Å². The molecule has 23 heavy (non-hydrogen) atoms. The normalized spacial score (nSPS) is 10.2. The SMILES string of the molecule is COCCNc1nccc(C(=O)Nc2ccc(OC)c(Cl)c2)n1.